The van der Waals surface area contributed by atoms with E-state index in [1.54, 1.807) is 7.11 Å². The second-order valence-corrected chi connectivity index (χ2v) is 12.2. The van der Waals surface area contributed by atoms with E-state index in [0.717, 1.165) is 24.1 Å². The number of aryl methyl sites for hydroxylation is 1. The number of methoxy groups -OCH3 is 1. The number of likely N-dealkylation sites (tertiary alicyclic amines) is 1. The van der Waals surface area contributed by atoms with Gasteiger partial charge in [0, 0.05) is 48.3 Å². The SMILES string of the molecule is COCCNC(=O)CN1C[C@@H]2CC1C[C@H]2c1sc2[nH]c(-c3cnc(N=CN)c(C)c3C)c(C(C)C)c2c1C. The van der Waals surface area contributed by atoms with Gasteiger partial charge in [-0.1, -0.05) is 13.8 Å². The highest BCUT2D eigenvalue weighted by atomic mass is 32.1. The maximum absolute atomic E-state index is 12.4. The number of aromatic amines is 1. The number of nitrogens with one attached hydrogen (secondary N) is 2. The topological polar surface area (TPSA) is 109 Å². The van der Waals surface area contributed by atoms with Crippen molar-refractivity contribution in [2.75, 3.05) is 33.4 Å². The van der Waals surface area contributed by atoms with Crippen molar-refractivity contribution < 1.29 is 9.53 Å². The molecule has 204 valence electrons. The largest absolute Gasteiger partial charge is 0.390 e. The zero-order chi connectivity index (χ0) is 27.1. The number of carbonyl (C=O) groups is 1. The van der Waals surface area contributed by atoms with Crippen LogP contribution in [0, 0.1) is 26.7 Å². The van der Waals surface area contributed by atoms with E-state index in [2.05, 4.69) is 59.8 Å². The Balaban J connectivity index is 1.41. The number of aliphatic imine (C=N–C) groups is 1. The average Bonchev–Trinajstić information content (AvgIpc) is 3.63. The van der Waals surface area contributed by atoms with Crippen LogP contribution in [0.2, 0.25) is 0 Å². The highest BCUT2D eigenvalue weighted by Gasteiger charge is 2.46. The number of fused-ring (bicyclic) bond motifs is 3. The van der Waals surface area contributed by atoms with Gasteiger partial charge >= 0.3 is 0 Å². The molecule has 1 amide bonds. The first kappa shape index (κ1) is 26.8. The molecule has 3 aromatic heterocycles. The Kier molecular flexibility index (Phi) is 7.62. The standard InChI is InChI=1S/C29H40N6O2S/c1-15(2)24-25-18(5)27(21-10-20-9-19(21)12-35(20)13-23(36)31-7-8-37-6)38-29(25)34-26(24)22-11-32-28(33-14-30)17(4)16(22)3/h11,14-15,19-21,34H,7-10,12-13H2,1-6H3,(H,31,36)(H2,30,32,33)/t19-,20?,21+/m0/s1. The number of hydrogen-bond acceptors (Lipinski definition) is 6. The lowest BCUT2D eigenvalue weighted by Crippen LogP contribution is -2.43. The van der Waals surface area contributed by atoms with Gasteiger partial charge < -0.3 is 20.8 Å². The highest BCUT2D eigenvalue weighted by molar-refractivity contribution is 7.19. The van der Waals surface area contributed by atoms with Crippen molar-refractivity contribution in [2.45, 2.75) is 65.3 Å². The molecule has 2 bridgehead atoms. The number of rotatable bonds is 9. The molecule has 38 heavy (non-hydrogen) atoms. The van der Waals surface area contributed by atoms with Gasteiger partial charge in [-0.15, -0.1) is 11.3 Å². The van der Waals surface area contributed by atoms with Gasteiger partial charge in [0.1, 0.15) is 4.83 Å². The molecule has 0 aromatic carbocycles. The number of piperidine rings is 1. The number of amides is 1. The summed E-state index contributed by atoms with van der Waals surface area (Å²) < 4.78 is 5.04. The van der Waals surface area contributed by atoms with Crippen LogP contribution >= 0.6 is 11.3 Å². The third-order valence-electron chi connectivity index (χ3n) is 8.59. The number of thiophene rings is 1. The zero-order valence-electron chi connectivity index (χ0n) is 23.4. The van der Waals surface area contributed by atoms with Crippen LogP contribution in [0.5, 0.6) is 0 Å². The molecule has 1 aliphatic carbocycles. The first-order chi connectivity index (χ1) is 18.2. The molecule has 1 saturated carbocycles. The second-order valence-electron chi connectivity index (χ2n) is 11.2. The van der Waals surface area contributed by atoms with Crippen molar-refractivity contribution in [3.8, 4) is 11.3 Å². The first-order valence-electron chi connectivity index (χ1n) is 13.6. The summed E-state index contributed by atoms with van der Waals surface area (Å²) in [5.74, 6) is 2.32. The quantitative estimate of drug-likeness (QED) is 0.205. The Labute approximate surface area is 229 Å². The number of H-pyrrole nitrogens is 1. The van der Waals surface area contributed by atoms with Gasteiger partial charge in [0.05, 0.1) is 25.2 Å². The van der Waals surface area contributed by atoms with Crippen molar-refractivity contribution in [3.63, 3.8) is 0 Å². The van der Waals surface area contributed by atoms with Crippen LogP contribution in [0.4, 0.5) is 5.82 Å². The number of ether oxygens (including phenoxy) is 1. The zero-order valence-corrected chi connectivity index (χ0v) is 24.2. The van der Waals surface area contributed by atoms with Gasteiger partial charge in [-0.25, -0.2) is 9.98 Å². The minimum Gasteiger partial charge on any atom is -0.390 e. The van der Waals surface area contributed by atoms with E-state index in [4.69, 9.17) is 10.5 Å². The molecule has 0 radical (unpaired) electrons. The third-order valence-corrected chi connectivity index (χ3v) is 9.93. The summed E-state index contributed by atoms with van der Waals surface area (Å²) >= 11 is 1.93. The Morgan fingerprint density at radius 2 is 2.11 bits per heavy atom. The fourth-order valence-corrected chi connectivity index (χ4v) is 8.06. The molecule has 9 heteroatoms. The van der Waals surface area contributed by atoms with Crippen molar-refractivity contribution in [1.29, 1.82) is 0 Å². The number of carbonyl (C=O) groups excluding carboxylic acids is 1. The fraction of sp³-hybridized carbons (Fsp3) is 0.552. The molecular weight excluding hydrogens is 496 g/mol. The summed E-state index contributed by atoms with van der Waals surface area (Å²) in [5.41, 5.74) is 12.8. The Bertz CT molecular complexity index is 1370. The maximum atomic E-state index is 12.4. The van der Waals surface area contributed by atoms with Gasteiger partial charge in [-0.3, -0.25) is 9.69 Å². The smallest absolute Gasteiger partial charge is 0.234 e. The van der Waals surface area contributed by atoms with Gasteiger partial charge in [-0.05, 0) is 73.6 Å². The van der Waals surface area contributed by atoms with Gasteiger partial charge in [-0.2, -0.15) is 0 Å². The van der Waals surface area contributed by atoms with Gasteiger partial charge in [0.15, 0.2) is 5.82 Å². The fourth-order valence-electron chi connectivity index (χ4n) is 6.63. The van der Waals surface area contributed by atoms with Crippen molar-refractivity contribution in [2.24, 2.45) is 16.6 Å². The molecule has 3 atom stereocenters. The molecule has 3 aromatic rings. The van der Waals surface area contributed by atoms with E-state index < -0.39 is 0 Å². The number of nitrogens with two attached hydrogens (primary N) is 1. The van der Waals surface area contributed by atoms with Crippen LogP contribution in [0.1, 0.15) is 65.7 Å². The average molecular weight is 537 g/mol. The number of nitrogens with zero attached hydrogens (tertiary/aromatic N) is 3. The number of aromatic nitrogens is 2. The van der Waals surface area contributed by atoms with Crippen LogP contribution in [-0.4, -0.2) is 66.5 Å². The lowest BCUT2D eigenvalue weighted by atomic mass is 9.88. The second kappa shape index (κ2) is 10.8. The summed E-state index contributed by atoms with van der Waals surface area (Å²) in [4.78, 5) is 30.2. The van der Waals surface area contributed by atoms with E-state index in [0.29, 0.717) is 49.3 Å². The summed E-state index contributed by atoms with van der Waals surface area (Å²) in [6, 6.07) is 0.490. The molecule has 4 N–H and O–H groups in total. The van der Waals surface area contributed by atoms with Crippen molar-refractivity contribution in [1.82, 2.24) is 20.2 Å². The highest BCUT2D eigenvalue weighted by Crippen LogP contribution is 2.53. The normalized spacial score (nSPS) is 21.5. The van der Waals surface area contributed by atoms with Crippen molar-refractivity contribution >= 4 is 39.6 Å². The van der Waals surface area contributed by atoms with E-state index in [1.165, 1.54) is 50.2 Å². The van der Waals surface area contributed by atoms with E-state index in [9.17, 15) is 4.79 Å². The van der Waals surface area contributed by atoms with Crippen LogP contribution in [-0.2, 0) is 9.53 Å². The molecule has 5 rings (SSSR count). The summed E-state index contributed by atoms with van der Waals surface area (Å²) in [5, 5.41) is 4.35. The van der Waals surface area contributed by atoms with Crippen molar-refractivity contribution in [3.05, 3.63) is 33.3 Å². The summed E-state index contributed by atoms with van der Waals surface area (Å²) in [6.07, 6.45) is 5.55. The monoisotopic (exact) mass is 536 g/mol. The third kappa shape index (κ3) is 4.65. The molecule has 1 unspecified atom stereocenters. The Morgan fingerprint density at radius 1 is 1.32 bits per heavy atom. The summed E-state index contributed by atoms with van der Waals surface area (Å²) in [7, 11) is 1.65. The number of hydrogen-bond donors (Lipinski definition) is 3. The molecule has 2 fully saturated rings. The predicted molar refractivity (Wildman–Crippen MR) is 156 cm³/mol. The molecular formula is C29H40N6O2S. The van der Waals surface area contributed by atoms with Crippen LogP contribution in [0.25, 0.3) is 21.5 Å². The minimum atomic E-state index is 0.101. The molecule has 0 spiro atoms. The summed E-state index contributed by atoms with van der Waals surface area (Å²) in [6.45, 7) is 13.7. The lowest BCUT2D eigenvalue weighted by molar-refractivity contribution is -0.122. The van der Waals surface area contributed by atoms with Gasteiger partial charge in [0.2, 0.25) is 5.91 Å². The van der Waals surface area contributed by atoms with E-state index in [1.807, 2.05) is 17.5 Å². The molecule has 1 saturated heterocycles. The maximum Gasteiger partial charge on any atom is 0.234 e. The van der Waals surface area contributed by atoms with Gasteiger partial charge in [0.25, 0.3) is 0 Å². The number of pyridine rings is 1. The van der Waals surface area contributed by atoms with Crippen LogP contribution in [0.15, 0.2) is 11.2 Å². The molecule has 4 heterocycles. The lowest BCUT2D eigenvalue weighted by Gasteiger charge is -2.31. The first-order valence-corrected chi connectivity index (χ1v) is 14.4. The van der Waals surface area contributed by atoms with E-state index in [-0.39, 0.29) is 5.91 Å². The van der Waals surface area contributed by atoms with Crippen LogP contribution < -0.4 is 11.1 Å². The van der Waals surface area contributed by atoms with Crippen LogP contribution in [0.3, 0.4) is 0 Å². The molecule has 2 aliphatic rings. The predicted octanol–water partition coefficient (Wildman–Crippen LogP) is 4.90. The Hall–Kier alpha value is -2.75. The minimum absolute atomic E-state index is 0.101. The molecule has 1 aliphatic heterocycles. The van der Waals surface area contributed by atoms with E-state index >= 15 is 0 Å². The molecule has 8 nitrogen and oxygen atoms in total. The Morgan fingerprint density at radius 3 is 2.76 bits per heavy atom.